The lowest BCUT2D eigenvalue weighted by molar-refractivity contribution is -0.114. The molecule has 1 aliphatic heterocycles. The van der Waals surface area contributed by atoms with Crippen LogP contribution < -0.4 is 10.1 Å². The van der Waals surface area contributed by atoms with Crippen molar-refractivity contribution in [2.24, 2.45) is 0 Å². The molecule has 0 spiro atoms. The smallest absolute Gasteiger partial charge is 0.172 e. The number of Topliss-reactive ketones (excluding diaryl/α,β-unsaturated/α-hetero) is 1. The van der Waals surface area contributed by atoms with E-state index in [2.05, 4.69) is 45.5 Å². The molecular weight excluding hydrogens is 442 g/mol. The molecule has 1 aliphatic carbocycles. The number of aromatic hydroxyl groups is 1. The Bertz CT molecular complexity index is 1210. The van der Waals surface area contributed by atoms with Gasteiger partial charge in [-0.25, -0.2) is 0 Å². The third-order valence-corrected chi connectivity index (χ3v) is 6.57. The second-order valence-electron chi connectivity index (χ2n) is 7.75. The molecule has 1 unspecified atom stereocenters. The van der Waals surface area contributed by atoms with Crippen LogP contribution in [-0.4, -0.2) is 17.5 Å². The third-order valence-electron chi connectivity index (χ3n) is 5.97. The van der Waals surface area contributed by atoms with Crippen LogP contribution in [-0.2, 0) is 4.79 Å². The molecule has 2 N–H and O–H groups in total. The van der Waals surface area contributed by atoms with Crippen LogP contribution in [0.15, 0.2) is 58.6 Å². The van der Waals surface area contributed by atoms with E-state index in [4.69, 9.17) is 4.74 Å². The lowest BCUT2D eigenvalue weighted by atomic mass is 9.77. The Morgan fingerprint density at radius 2 is 2.00 bits per heavy atom. The summed E-state index contributed by atoms with van der Waals surface area (Å²) < 4.78 is 6.24. The first-order chi connectivity index (χ1) is 14.6. The van der Waals surface area contributed by atoms with E-state index in [1.807, 2.05) is 31.2 Å². The summed E-state index contributed by atoms with van der Waals surface area (Å²) in [7, 11) is 0. The van der Waals surface area contributed by atoms with E-state index in [0.29, 0.717) is 23.2 Å². The van der Waals surface area contributed by atoms with E-state index in [-0.39, 0.29) is 17.6 Å². The van der Waals surface area contributed by atoms with Gasteiger partial charge in [0.2, 0.25) is 0 Å². The predicted octanol–water partition coefficient (Wildman–Crippen LogP) is 6.38. The van der Waals surface area contributed by atoms with Crippen molar-refractivity contribution in [1.82, 2.24) is 0 Å². The van der Waals surface area contributed by atoms with E-state index in [9.17, 15) is 9.90 Å². The predicted molar refractivity (Wildman–Crippen MR) is 123 cm³/mol. The van der Waals surface area contributed by atoms with Crippen molar-refractivity contribution in [2.45, 2.75) is 32.2 Å². The number of halogens is 1. The molecule has 5 heteroatoms. The lowest BCUT2D eigenvalue weighted by Gasteiger charge is -2.35. The molecule has 0 saturated carbocycles. The van der Waals surface area contributed by atoms with Gasteiger partial charge in [0.1, 0.15) is 0 Å². The van der Waals surface area contributed by atoms with Crippen LogP contribution in [0.3, 0.4) is 0 Å². The van der Waals surface area contributed by atoms with E-state index in [1.165, 1.54) is 0 Å². The Morgan fingerprint density at radius 1 is 1.17 bits per heavy atom. The molecule has 0 bridgehead atoms. The Balaban J connectivity index is 1.75. The zero-order valence-corrected chi connectivity index (χ0v) is 18.3. The fourth-order valence-corrected chi connectivity index (χ4v) is 5.12. The zero-order chi connectivity index (χ0) is 20.8. The molecule has 5 rings (SSSR count). The molecule has 0 amide bonds. The Hall–Kier alpha value is -2.79. The maximum absolute atomic E-state index is 13.0. The van der Waals surface area contributed by atoms with Gasteiger partial charge in [-0.05, 0) is 64.4 Å². The summed E-state index contributed by atoms with van der Waals surface area (Å²) in [5, 5.41) is 16.3. The van der Waals surface area contributed by atoms with Crippen LogP contribution in [0.25, 0.3) is 16.3 Å². The number of nitrogens with one attached hydrogen (secondary N) is 1. The SMILES string of the molecule is CCOc1cc(C2Nc3c(ccc4ccccc34)C3=C2CCCC3=O)cc(Br)c1O. The molecule has 0 aromatic heterocycles. The molecule has 4 nitrogen and oxygen atoms in total. The molecule has 3 aromatic carbocycles. The van der Waals surface area contributed by atoms with Crippen LogP contribution >= 0.6 is 15.9 Å². The quantitative estimate of drug-likeness (QED) is 0.472. The van der Waals surface area contributed by atoms with E-state index in [0.717, 1.165) is 51.6 Å². The van der Waals surface area contributed by atoms with Gasteiger partial charge in [-0.1, -0.05) is 36.4 Å². The van der Waals surface area contributed by atoms with Crippen molar-refractivity contribution in [3.63, 3.8) is 0 Å². The average Bonchev–Trinajstić information content (AvgIpc) is 2.76. The first-order valence-electron chi connectivity index (χ1n) is 10.3. The van der Waals surface area contributed by atoms with E-state index >= 15 is 0 Å². The number of hydrogen-bond donors (Lipinski definition) is 2. The minimum atomic E-state index is -0.154. The van der Waals surface area contributed by atoms with Crippen molar-refractivity contribution in [3.8, 4) is 11.5 Å². The molecule has 0 fully saturated rings. The maximum atomic E-state index is 13.0. The Labute approximate surface area is 183 Å². The van der Waals surface area contributed by atoms with Gasteiger partial charge < -0.3 is 15.2 Å². The van der Waals surface area contributed by atoms with Crippen molar-refractivity contribution >= 4 is 43.7 Å². The minimum Gasteiger partial charge on any atom is -0.503 e. The number of ketones is 1. The van der Waals surface area contributed by atoms with Gasteiger partial charge >= 0.3 is 0 Å². The van der Waals surface area contributed by atoms with Crippen LogP contribution in [0.2, 0.25) is 0 Å². The first kappa shape index (κ1) is 19.2. The summed E-state index contributed by atoms with van der Waals surface area (Å²) in [5.41, 5.74) is 4.92. The molecule has 152 valence electrons. The number of benzene rings is 3. The number of phenols is 1. The molecule has 1 atom stereocenters. The molecule has 3 aromatic rings. The van der Waals surface area contributed by atoms with Crippen molar-refractivity contribution < 1.29 is 14.6 Å². The second-order valence-corrected chi connectivity index (χ2v) is 8.60. The zero-order valence-electron chi connectivity index (χ0n) is 16.7. The number of ether oxygens (including phenoxy) is 1. The highest BCUT2D eigenvalue weighted by molar-refractivity contribution is 9.10. The van der Waals surface area contributed by atoms with Crippen LogP contribution in [0.4, 0.5) is 5.69 Å². The topological polar surface area (TPSA) is 58.6 Å². The molecule has 0 saturated heterocycles. The van der Waals surface area contributed by atoms with Gasteiger partial charge in [-0.15, -0.1) is 0 Å². The number of carbonyl (C=O) groups is 1. The molecule has 0 radical (unpaired) electrons. The summed E-state index contributed by atoms with van der Waals surface area (Å²) in [4.78, 5) is 13.0. The van der Waals surface area contributed by atoms with Crippen molar-refractivity contribution in [2.75, 3.05) is 11.9 Å². The summed E-state index contributed by atoms with van der Waals surface area (Å²) in [5.74, 6) is 0.745. The second kappa shape index (κ2) is 7.47. The van der Waals surface area contributed by atoms with Gasteiger partial charge in [0, 0.05) is 22.9 Å². The molecular formula is C25H22BrNO3. The fourth-order valence-electron chi connectivity index (χ4n) is 4.66. The van der Waals surface area contributed by atoms with Gasteiger partial charge in [0.25, 0.3) is 0 Å². The molecule has 30 heavy (non-hydrogen) atoms. The van der Waals surface area contributed by atoms with Crippen molar-refractivity contribution in [3.05, 3.63) is 69.7 Å². The van der Waals surface area contributed by atoms with Crippen LogP contribution in [0.5, 0.6) is 11.5 Å². The van der Waals surface area contributed by atoms with E-state index < -0.39 is 0 Å². The first-order valence-corrected chi connectivity index (χ1v) is 11.1. The summed E-state index contributed by atoms with van der Waals surface area (Å²) in [6, 6.07) is 16.0. The summed E-state index contributed by atoms with van der Waals surface area (Å²) in [6.45, 7) is 2.35. The fraction of sp³-hybridized carbons (Fsp3) is 0.240. The van der Waals surface area contributed by atoms with Crippen LogP contribution in [0.1, 0.15) is 43.4 Å². The molecule has 1 heterocycles. The highest BCUT2D eigenvalue weighted by Crippen LogP contribution is 2.49. The van der Waals surface area contributed by atoms with Gasteiger partial charge in [0.05, 0.1) is 22.8 Å². The number of phenolic OH excluding ortho intramolecular Hbond substituents is 1. The number of rotatable bonds is 3. The third kappa shape index (κ3) is 3.00. The van der Waals surface area contributed by atoms with Crippen LogP contribution in [0, 0.1) is 0 Å². The van der Waals surface area contributed by atoms with Gasteiger partial charge in [0.15, 0.2) is 17.3 Å². The largest absolute Gasteiger partial charge is 0.503 e. The monoisotopic (exact) mass is 463 g/mol. The minimum absolute atomic E-state index is 0.0937. The van der Waals surface area contributed by atoms with Gasteiger partial charge in [-0.2, -0.15) is 0 Å². The number of fused-ring (bicyclic) bond motifs is 4. The number of allylic oxidation sites excluding steroid dienone is 1. The Morgan fingerprint density at radius 3 is 2.83 bits per heavy atom. The highest BCUT2D eigenvalue weighted by atomic mass is 79.9. The number of hydrogen-bond acceptors (Lipinski definition) is 4. The number of anilines is 1. The summed E-state index contributed by atoms with van der Waals surface area (Å²) >= 11 is 3.46. The van der Waals surface area contributed by atoms with Gasteiger partial charge in [-0.3, -0.25) is 4.79 Å². The molecule has 2 aliphatic rings. The van der Waals surface area contributed by atoms with E-state index in [1.54, 1.807) is 0 Å². The Kier molecular flexibility index (Phi) is 4.78. The van der Waals surface area contributed by atoms with Crippen molar-refractivity contribution in [1.29, 1.82) is 0 Å². The normalized spacial score (nSPS) is 18.1. The average molecular weight is 464 g/mol. The lowest BCUT2D eigenvalue weighted by Crippen LogP contribution is -2.25. The highest BCUT2D eigenvalue weighted by Gasteiger charge is 2.34. The summed E-state index contributed by atoms with van der Waals surface area (Å²) in [6.07, 6.45) is 2.31. The number of carbonyl (C=O) groups excluding carboxylic acids is 1. The standard InChI is InChI=1S/C25H22BrNO3/c1-2-30-21-13-15(12-19(26)25(21)29)23-17-8-5-9-20(28)22(17)18-11-10-14-6-3-4-7-16(14)24(18)27-23/h3-4,6-7,10-13,23,27,29H,2,5,8-9H2,1H3. The maximum Gasteiger partial charge on any atom is 0.172 e.